The molecule has 4 rings (SSSR count). The predicted octanol–water partition coefficient (Wildman–Crippen LogP) is 3.32. The van der Waals surface area contributed by atoms with E-state index in [-0.39, 0.29) is 0 Å². The van der Waals surface area contributed by atoms with Crippen molar-refractivity contribution in [1.29, 1.82) is 5.26 Å². The van der Waals surface area contributed by atoms with Crippen LogP contribution in [-0.4, -0.2) is 40.0 Å². The zero-order valence-corrected chi connectivity index (χ0v) is 19.1. The lowest BCUT2D eigenvalue weighted by atomic mass is 9.75. The molecule has 1 N–H and O–H groups in total. The third-order valence-corrected chi connectivity index (χ3v) is 5.87. The van der Waals surface area contributed by atoms with Crippen molar-refractivity contribution in [2.45, 2.75) is 25.2 Å². The number of methoxy groups -OCH3 is 1. The van der Waals surface area contributed by atoms with Crippen molar-refractivity contribution in [2.24, 2.45) is 0 Å². The van der Waals surface area contributed by atoms with E-state index >= 15 is 0 Å². The van der Waals surface area contributed by atoms with E-state index in [9.17, 15) is 14.9 Å². The van der Waals surface area contributed by atoms with Gasteiger partial charge in [-0.05, 0) is 49.1 Å². The fraction of sp³-hybridized carbons (Fsp3) is 0.231. The second kappa shape index (κ2) is 9.63. The molecule has 1 aliphatic heterocycles. The van der Waals surface area contributed by atoms with Gasteiger partial charge in [0.2, 0.25) is 0 Å². The second-order valence-electron chi connectivity index (χ2n) is 8.11. The lowest BCUT2D eigenvalue weighted by molar-refractivity contribution is -0.146. The molecule has 1 fully saturated rings. The van der Waals surface area contributed by atoms with Crippen molar-refractivity contribution in [2.75, 3.05) is 13.7 Å². The van der Waals surface area contributed by atoms with Gasteiger partial charge in [-0.1, -0.05) is 36.4 Å². The Morgan fingerprint density at radius 3 is 2.74 bits per heavy atom. The molecule has 0 radical (unpaired) electrons. The lowest BCUT2D eigenvalue weighted by Gasteiger charge is -2.37. The molecule has 1 unspecified atom stereocenters. The third-order valence-electron chi connectivity index (χ3n) is 5.87. The van der Waals surface area contributed by atoms with Crippen LogP contribution in [0.25, 0.3) is 11.8 Å². The minimum absolute atomic E-state index is 0.349. The van der Waals surface area contributed by atoms with Gasteiger partial charge in [-0.3, -0.25) is 20.0 Å². The van der Waals surface area contributed by atoms with Crippen LogP contribution < -0.4 is 10.2 Å². The molecule has 2 amide bonds. The molecule has 1 aliphatic rings. The van der Waals surface area contributed by atoms with E-state index < -0.39 is 17.2 Å². The van der Waals surface area contributed by atoms with Crippen molar-refractivity contribution >= 4 is 17.9 Å². The fourth-order valence-corrected chi connectivity index (χ4v) is 4.11. The number of hydrogen-bond acceptors (Lipinski definition) is 5. The maximum Gasteiger partial charge on any atom is 0.265 e. The first-order valence-electron chi connectivity index (χ1n) is 10.9. The zero-order valence-electron chi connectivity index (χ0n) is 19.1. The number of carbonyl (C=O) groups is 2. The molecule has 2 aromatic carbocycles. The molecule has 34 heavy (non-hydrogen) atoms. The minimum atomic E-state index is -1.30. The van der Waals surface area contributed by atoms with Crippen LogP contribution in [0.2, 0.25) is 0 Å². The molecule has 172 valence electrons. The van der Waals surface area contributed by atoms with Crippen LogP contribution in [0.15, 0.2) is 67.1 Å². The van der Waals surface area contributed by atoms with Gasteiger partial charge in [0.1, 0.15) is 5.75 Å². The quantitative estimate of drug-likeness (QED) is 0.575. The summed E-state index contributed by atoms with van der Waals surface area (Å²) in [5.74, 6) is -0.243. The number of piperidine rings is 1. The van der Waals surface area contributed by atoms with E-state index in [1.807, 2.05) is 42.0 Å². The van der Waals surface area contributed by atoms with Crippen molar-refractivity contribution in [3.63, 3.8) is 0 Å². The van der Waals surface area contributed by atoms with E-state index in [4.69, 9.17) is 4.74 Å². The Kier molecular flexibility index (Phi) is 6.46. The third kappa shape index (κ3) is 4.41. The van der Waals surface area contributed by atoms with Crippen LogP contribution in [-0.2, 0) is 15.0 Å². The van der Waals surface area contributed by atoms with Crippen molar-refractivity contribution in [1.82, 2.24) is 20.0 Å². The Hall–Kier alpha value is -4.38. The maximum atomic E-state index is 13.2. The highest BCUT2D eigenvalue weighted by Crippen LogP contribution is 2.34. The van der Waals surface area contributed by atoms with Gasteiger partial charge in [-0.2, -0.15) is 5.26 Å². The second-order valence-corrected chi connectivity index (χ2v) is 8.11. The number of aryl methyl sites for hydroxylation is 1. The number of hydrogen-bond donors (Lipinski definition) is 1. The summed E-state index contributed by atoms with van der Waals surface area (Å²) >= 11 is 0. The zero-order chi connectivity index (χ0) is 24.1. The number of nitriles is 1. The van der Waals surface area contributed by atoms with Crippen LogP contribution in [0.4, 0.5) is 0 Å². The Morgan fingerprint density at radius 1 is 1.26 bits per heavy atom. The van der Waals surface area contributed by atoms with Crippen LogP contribution in [0.5, 0.6) is 5.75 Å². The minimum Gasteiger partial charge on any atom is -0.495 e. The largest absolute Gasteiger partial charge is 0.495 e. The molecule has 1 atom stereocenters. The molecule has 0 bridgehead atoms. The normalized spacial score (nSPS) is 18.0. The first-order chi connectivity index (χ1) is 16.5. The van der Waals surface area contributed by atoms with Crippen molar-refractivity contribution < 1.29 is 14.3 Å². The van der Waals surface area contributed by atoms with Gasteiger partial charge in [-0.25, -0.2) is 4.98 Å². The van der Waals surface area contributed by atoms with E-state index in [1.54, 1.807) is 43.8 Å². The van der Waals surface area contributed by atoms with Gasteiger partial charge >= 0.3 is 0 Å². The number of rotatable bonds is 6. The van der Waals surface area contributed by atoms with Gasteiger partial charge in [0.05, 0.1) is 30.9 Å². The summed E-state index contributed by atoms with van der Waals surface area (Å²) in [6.45, 7) is 2.26. The lowest BCUT2D eigenvalue weighted by Crippen LogP contribution is -2.57. The standard InChI is InChI=1S/C26H25N5O3/c1-19-16-30(18-28-19)22-11-9-20(15-23(22)34-2)10-12-24(32)29-31-14-6-13-26(17-27,25(31)33)21-7-4-3-5-8-21/h3-5,7-12,15-16,18H,6,13-14H2,1-2H3,(H,29,32)/b12-10+. The van der Waals surface area contributed by atoms with E-state index in [0.29, 0.717) is 30.7 Å². The number of hydrazine groups is 1. The number of nitrogens with one attached hydrogen (secondary N) is 1. The number of aromatic nitrogens is 2. The van der Waals surface area contributed by atoms with Gasteiger partial charge in [0, 0.05) is 18.8 Å². The fourth-order valence-electron chi connectivity index (χ4n) is 4.11. The molecule has 0 spiro atoms. The average molecular weight is 456 g/mol. The molecule has 2 heterocycles. The summed E-state index contributed by atoms with van der Waals surface area (Å²) in [4.78, 5) is 30.0. The Morgan fingerprint density at radius 2 is 2.06 bits per heavy atom. The van der Waals surface area contributed by atoms with Crippen molar-refractivity contribution in [3.8, 4) is 17.5 Å². The summed E-state index contributed by atoms with van der Waals surface area (Å²) in [7, 11) is 1.58. The average Bonchev–Trinajstić information content (AvgIpc) is 3.30. The molecule has 3 aromatic rings. The SMILES string of the molecule is COc1cc(/C=C/C(=O)NN2CCCC(C#N)(c3ccccc3)C2=O)ccc1-n1cnc(C)c1. The number of amides is 2. The monoisotopic (exact) mass is 455 g/mol. The summed E-state index contributed by atoms with van der Waals surface area (Å²) in [5.41, 5.74) is 4.45. The smallest absolute Gasteiger partial charge is 0.265 e. The number of ether oxygens (including phenoxy) is 1. The van der Waals surface area contributed by atoms with Gasteiger partial charge in [0.25, 0.3) is 11.8 Å². The van der Waals surface area contributed by atoms with Crippen LogP contribution in [0.1, 0.15) is 29.7 Å². The molecule has 8 heteroatoms. The van der Waals surface area contributed by atoms with E-state index in [2.05, 4.69) is 16.5 Å². The Bertz CT molecular complexity index is 1280. The number of benzene rings is 2. The summed E-state index contributed by atoms with van der Waals surface area (Å²) in [6, 6.07) is 16.7. The number of carbonyl (C=O) groups excluding carboxylic acids is 2. The Labute approximate surface area is 198 Å². The molecule has 0 saturated carbocycles. The predicted molar refractivity (Wildman–Crippen MR) is 127 cm³/mol. The van der Waals surface area contributed by atoms with Gasteiger partial charge in [0.15, 0.2) is 5.41 Å². The van der Waals surface area contributed by atoms with Gasteiger partial charge in [-0.15, -0.1) is 0 Å². The van der Waals surface area contributed by atoms with E-state index in [0.717, 1.165) is 16.9 Å². The summed E-state index contributed by atoms with van der Waals surface area (Å²) in [6.07, 6.45) is 7.62. The molecule has 1 saturated heterocycles. The molecular formula is C26H25N5O3. The van der Waals surface area contributed by atoms with Crippen molar-refractivity contribution in [3.05, 3.63) is 84.0 Å². The summed E-state index contributed by atoms with van der Waals surface area (Å²) in [5, 5.41) is 11.1. The molecule has 1 aromatic heterocycles. The first kappa shape index (κ1) is 22.8. The molecule has 0 aliphatic carbocycles. The topological polar surface area (TPSA) is 100 Å². The molecular weight excluding hydrogens is 430 g/mol. The molecule has 8 nitrogen and oxygen atoms in total. The number of imidazole rings is 1. The van der Waals surface area contributed by atoms with Crippen LogP contribution in [0.3, 0.4) is 0 Å². The van der Waals surface area contributed by atoms with Gasteiger partial charge < -0.3 is 9.30 Å². The highest BCUT2D eigenvalue weighted by atomic mass is 16.5. The van der Waals surface area contributed by atoms with Crippen LogP contribution >= 0.6 is 0 Å². The first-order valence-corrected chi connectivity index (χ1v) is 10.9. The maximum absolute atomic E-state index is 13.2. The highest BCUT2D eigenvalue weighted by Gasteiger charge is 2.46. The van der Waals surface area contributed by atoms with E-state index in [1.165, 1.54) is 11.1 Å². The number of nitrogens with zero attached hydrogens (tertiary/aromatic N) is 4. The Balaban J connectivity index is 1.48. The van der Waals surface area contributed by atoms with Crippen LogP contribution in [0, 0.1) is 18.3 Å². The summed E-state index contributed by atoms with van der Waals surface area (Å²) < 4.78 is 7.37. The highest BCUT2D eigenvalue weighted by molar-refractivity contribution is 5.96.